The molecule has 3 heterocycles. The number of amides is 1. The van der Waals surface area contributed by atoms with Crippen LogP contribution in [0.1, 0.15) is 36.0 Å². The highest BCUT2D eigenvalue weighted by Crippen LogP contribution is 2.33. The van der Waals surface area contributed by atoms with Gasteiger partial charge in [0, 0.05) is 18.5 Å². The van der Waals surface area contributed by atoms with Crippen molar-refractivity contribution in [2.45, 2.75) is 25.7 Å². The lowest BCUT2D eigenvalue weighted by atomic mass is 9.79. The molecule has 0 bridgehead atoms. The molecular formula is C20H26N4O. The van der Waals surface area contributed by atoms with E-state index in [0.29, 0.717) is 5.56 Å². The van der Waals surface area contributed by atoms with Gasteiger partial charge < -0.3 is 16.0 Å². The van der Waals surface area contributed by atoms with Crippen molar-refractivity contribution in [1.29, 1.82) is 0 Å². The van der Waals surface area contributed by atoms with Crippen molar-refractivity contribution in [2.24, 2.45) is 17.6 Å². The topological polar surface area (TPSA) is 71.2 Å². The summed E-state index contributed by atoms with van der Waals surface area (Å²) in [5, 5.41) is 4.29. The van der Waals surface area contributed by atoms with E-state index in [9.17, 15) is 4.79 Å². The van der Waals surface area contributed by atoms with Gasteiger partial charge >= 0.3 is 0 Å². The molecule has 3 N–H and O–H groups in total. The number of rotatable bonds is 3. The second kappa shape index (κ2) is 7.00. The minimum Gasteiger partial charge on any atom is -0.366 e. The lowest BCUT2D eigenvalue weighted by Gasteiger charge is -2.38. The van der Waals surface area contributed by atoms with Gasteiger partial charge in [-0.25, -0.2) is 4.98 Å². The summed E-state index contributed by atoms with van der Waals surface area (Å²) >= 11 is 0. The monoisotopic (exact) mass is 338 g/mol. The van der Waals surface area contributed by atoms with Gasteiger partial charge in [0.1, 0.15) is 5.82 Å². The Morgan fingerprint density at radius 2 is 1.76 bits per heavy atom. The van der Waals surface area contributed by atoms with E-state index in [1.54, 1.807) is 0 Å². The van der Waals surface area contributed by atoms with Crippen LogP contribution in [0.3, 0.4) is 0 Å². The van der Waals surface area contributed by atoms with Gasteiger partial charge in [0.25, 0.3) is 0 Å². The largest absolute Gasteiger partial charge is 0.366 e. The van der Waals surface area contributed by atoms with Crippen molar-refractivity contribution >= 4 is 22.6 Å². The summed E-state index contributed by atoms with van der Waals surface area (Å²) in [6.07, 6.45) is 5.05. The van der Waals surface area contributed by atoms with Gasteiger partial charge in [-0.3, -0.25) is 4.79 Å². The maximum atomic E-state index is 11.9. The van der Waals surface area contributed by atoms with Crippen LogP contribution < -0.4 is 16.0 Å². The molecule has 0 saturated carbocycles. The first kappa shape index (κ1) is 16.3. The molecule has 2 aliphatic heterocycles. The van der Waals surface area contributed by atoms with Gasteiger partial charge in [0.05, 0.1) is 11.1 Å². The third-order valence-electron chi connectivity index (χ3n) is 5.88. The predicted molar refractivity (Wildman–Crippen MR) is 101 cm³/mol. The Bertz CT molecular complexity index is 761. The number of nitrogens with one attached hydrogen (secondary N) is 1. The molecule has 0 atom stereocenters. The number of aromatic nitrogens is 1. The van der Waals surface area contributed by atoms with Gasteiger partial charge in [0.2, 0.25) is 5.91 Å². The van der Waals surface area contributed by atoms with Gasteiger partial charge in [-0.05, 0) is 62.7 Å². The summed E-state index contributed by atoms with van der Waals surface area (Å²) in [7, 11) is 0. The van der Waals surface area contributed by atoms with E-state index in [4.69, 9.17) is 10.7 Å². The number of hydrogen-bond acceptors (Lipinski definition) is 4. The number of nitrogens with zero attached hydrogens (tertiary/aromatic N) is 2. The van der Waals surface area contributed by atoms with Crippen molar-refractivity contribution < 1.29 is 4.79 Å². The van der Waals surface area contributed by atoms with Gasteiger partial charge in [-0.2, -0.15) is 0 Å². The van der Waals surface area contributed by atoms with Crippen molar-refractivity contribution in [2.75, 3.05) is 31.1 Å². The Kier molecular flexibility index (Phi) is 4.57. The summed E-state index contributed by atoms with van der Waals surface area (Å²) in [6, 6.07) is 9.60. The van der Waals surface area contributed by atoms with Crippen molar-refractivity contribution in [3.8, 4) is 0 Å². The highest BCUT2D eigenvalue weighted by atomic mass is 16.1. The SMILES string of the molecule is NC(=O)c1cc(N2CCC(C3CCNCC3)CC2)nc2ccccc12. The second-order valence-corrected chi connectivity index (χ2v) is 7.32. The normalized spacial score (nSPS) is 20.1. The lowest BCUT2D eigenvalue weighted by Crippen LogP contribution is -2.39. The first-order valence-electron chi connectivity index (χ1n) is 9.37. The number of para-hydroxylation sites is 1. The Morgan fingerprint density at radius 3 is 2.48 bits per heavy atom. The van der Waals surface area contributed by atoms with Gasteiger partial charge in [-0.1, -0.05) is 18.2 Å². The number of carbonyl (C=O) groups excluding carboxylic acids is 1. The van der Waals surface area contributed by atoms with Crippen LogP contribution in [-0.4, -0.2) is 37.1 Å². The molecule has 1 aromatic carbocycles. The van der Waals surface area contributed by atoms with E-state index in [1.807, 2.05) is 30.3 Å². The Morgan fingerprint density at radius 1 is 1.08 bits per heavy atom. The number of nitrogens with two attached hydrogens (primary N) is 1. The van der Waals surface area contributed by atoms with E-state index in [2.05, 4.69) is 10.2 Å². The zero-order valence-electron chi connectivity index (χ0n) is 14.6. The number of pyridine rings is 1. The minimum atomic E-state index is -0.385. The van der Waals surface area contributed by atoms with E-state index in [1.165, 1.54) is 38.8 Å². The molecule has 5 nitrogen and oxygen atoms in total. The fourth-order valence-electron chi connectivity index (χ4n) is 4.44. The van der Waals surface area contributed by atoms with Gasteiger partial charge in [-0.15, -0.1) is 0 Å². The summed E-state index contributed by atoms with van der Waals surface area (Å²) < 4.78 is 0. The minimum absolute atomic E-state index is 0.385. The summed E-state index contributed by atoms with van der Waals surface area (Å²) in [6.45, 7) is 4.36. The third kappa shape index (κ3) is 3.33. The zero-order valence-corrected chi connectivity index (χ0v) is 14.6. The van der Waals surface area contributed by atoms with Crippen molar-refractivity contribution in [3.05, 3.63) is 35.9 Å². The number of benzene rings is 1. The number of primary amides is 1. The maximum Gasteiger partial charge on any atom is 0.249 e. The molecule has 2 aliphatic rings. The van der Waals surface area contributed by atoms with Crippen LogP contribution in [0.5, 0.6) is 0 Å². The quantitative estimate of drug-likeness (QED) is 0.902. The average Bonchev–Trinajstić information content (AvgIpc) is 2.68. The molecule has 132 valence electrons. The second-order valence-electron chi connectivity index (χ2n) is 7.32. The molecule has 25 heavy (non-hydrogen) atoms. The van der Waals surface area contributed by atoms with Crippen LogP contribution in [0.15, 0.2) is 30.3 Å². The van der Waals surface area contributed by atoms with Gasteiger partial charge in [0.15, 0.2) is 0 Å². The van der Waals surface area contributed by atoms with Crippen LogP contribution in [0.2, 0.25) is 0 Å². The smallest absolute Gasteiger partial charge is 0.249 e. The molecule has 0 aliphatic carbocycles. The third-order valence-corrected chi connectivity index (χ3v) is 5.88. The molecule has 4 rings (SSSR count). The summed E-state index contributed by atoms with van der Waals surface area (Å²) in [4.78, 5) is 19.0. The highest BCUT2D eigenvalue weighted by molar-refractivity contribution is 6.06. The predicted octanol–water partition coefficient (Wildman–Crippen LogP) is 2.55. The highest BCUT2D eigenvalue weighted by Gasteiger charge is 2.28. The molecule has 0 radical (unpaired) electrons. The summed E-state index contributed by atoms with van der Waals surface area (Å²) in [5.41, 5.74) is 7.02. The Balaban J connectivity index is 1.53. The summed E-state index contributed by atoms with van der Waals surface area (Å²) in [5.74, 6) is 2.20. The molecule has 2 aromatic rings. The van der Waals surface area contributed by atoms with E-state index in [0.717, 1.165) is 41.6 Å². The number of carbonyl (C=O) groups is 1. The van der Waals surface area contributed by atoms with Crippen LogP contribution in [0.4, 0.5) is 5.82 Å². The first-order chi connectivity index (χ1) is 12.2. The van der Waals surface area contributed by atoms with E-state index < -0.39 is 0 Å². The zero-order chi connectivity index (χ0) is 17.2. The number of anilines is 1. The van der Waals surface area contributed by atoms with E-state index >= 15 is 0 Å². The molecule has 5 heteroatoms. The van der Waals surface area contributed by atoms with Crippen LogP contribution in [0.25, 0.3) is 10.9 Å². The van der Waals surface area contributed by atoms with Crippen LogP contribution in [0, 0.1) is 11.8 Å². The average molecular weight is 338 g/mol. The fraction of sp³-hybridized carbons (Fsp3) is 0.500. The molecule has 1 amide bonds. The number of hydrogen-bond donors (Lipinski definition) is 2. The molecule has 1 aromatic heterocycles. The van der Waals surface area contributed by atoms with Crippen LogP contribution >= 0.6 is 0 Å². The first-order valence-corrected chi connectivity index (χ1v) is 9.37. The lowest BCUT2D eigenvalue weighted by molar-refractivity contribution is 0.100. The molecule has 0 unspecified atom stereocenters. The number of fused-ring (bicyclic) bond motifs is 1. The fourth-order valence-corrected chi connectivity index (χ4v) is 4.44. The van der Waals surface area contributed by atoms with Crippen molar-refractivity contribution in [1.82, 2.24) is 10.3 Å². The molecular weight excluding hydrogens is 312 g/mol. The van der Waals surface area contributed by atoms with Crippen LogP contribution in [-0.2, 0) is 0 Å². The Hall–Kier alpha value is -2.14. The number of piperidine rings is 2. The van der Waals surface area contributed by atoms with Crippen molar-refractivity contribution in [3.63, 3.8) is 0 Å². The maximum absolute atomic E-state index is 11.9. The Labute approximate surface area is 148 Å². The molecule has 2 saturated heterocycles. The molecule has 2 fully saturated rings. The molecule has 0 spiro atoms. The standard InChI is InChI=1S/C20H26N4O/c21-20(25)17-13-19(23-18-4-2-1-3-16(17)18)24-11-7-15(8-12-24)14-5-9-22-10-6-14/h1-4,13-15,22H,5-12H2,(H2,21,25). The van der Waals surface area contributed by atoms with E-state index in [-0.39, 0.29) is 5.91 Å².